The van der Waals surface area contributed by atoms with Gasteiger partial charge in [-0.15, -0.1) is 0 Å². The minimum Gasteiger partial charge on any atom is -0.336 e. The fourth-order valence-corrected chi connectivity index (χ4v) is 4.24. The van der Waals surface area contributed by atoms with Gasteiger partial charge >= 0.3 is 6.03 Å². The quantitative estimate of drug-likeness (QED) is 0.790. The van der Waals surface area contributed by atoms with Crippen molar-refractivity contribution in [3.8, 4) is 0 Å². The summed E-state index contributed by atoms with van der Waals surface area (Å²) in [4.78, 5) is 35.6. The summed E-state index contributed by atoms with van der Waals surface area (Å²) >= 11 is 0. The number of aromatic nitrogens is 1. The molecule has 1 aromatic rings. The molecule has 6 heteroatoms. The summed E-state index contributed by atoms with van der Waals surface area (Å²) < 4.78 is 0. The second-order valence-corrected chi connectivity index (χ2v) is 7.18. The van der Waals surface area contributed by atoms with Crippen LogP contribution in [0, 0.1) is 5.92 Å². The van der Waals surface area contributed by atoms with Crippen LogP contribution in [-0.2, 0) is 0 Å². The zero-order valence-electron chi connectivity index (χ0n) is 13.9. The summed E-state index contributed by atoms with van der Waals surface area (Å²) in [7, 11) is 0. The van der Waals surface area contributed by atoms with Crippen LogP contribution in [0.5, 0.6) is 0 Å². The number of carbonyl (C=O) groups excluding carboxylic acids is 2. The van der Waals surface area contributed by atoms with Gasteiger partial charge in [-0.25, -0.2) is 4.79 Å². The van der Waals surface area contributed by atoms with Crippen molar-refractivity contribution in [2.45, 2.75) is 31.7 Å². The van der Waals surface area contributed by atoms with E-state index in [0.29, 0.717) is 18.0 Å². The van der Waals surface area contributed by atoms with Crippen LogP contribution in [0.15, 0.2) is 24.5 Å². The lowest BCUT2D eigenvalue weighted by Gasteiger charge is -2.38. The first-order chi connectivity index (χ1) is 11.7. The molecule has 0 unspecified atom stereocenters. The standard InChI is InChI=1S/C18H24N4O2/c23-17(15-4-3-7-19-10-15)21-11-14-5-6-16(13-21)22(12-14)18(24)20-8-1-2-9-20/h3-4,7,10,14,16H,1-2,5-6,8-9,11-13H2/t14-,16+/m1/s1. The smallest absolute Gasteiger partial charge is 0.320 e. The molecule has 0 spiro atoms. The summed E-state index contributed by atoms with van der Waals surface area (Å²) in [5.41, 5.74) is 0.635. The summed E-state index contributed by atoms with van der Waals surface area (Å²) in [6.45, 7) is 3.94. The van der Waals surface area contributed by atoms with Crippen molar-refractivity contribution >= 4 is 11.9 Å². The van der Waals surface area contributed by atoms with Gasteiger partial charge in [0.05, 0.1) is 11.6 Å². The molecule has 4 saturated heterocycles. The topological polar surface area (TPSA) is 56.8 Å². The van der Waals surface area contributed by atoms with Crippen molar-refractivity contribution in [1.82, 2.24) is 19.7 Å². The van der Waals surface area contributed by atoms with E-state index in [1.807, 2.05) is 20.8 Å². The lowest BCUT2D eigenvalue weighted by atomic mass is 9.95. The monoisotopic (exact) mass is 328 g/mol. The molecule has 1 aromatic heterocycles. The molecule has 4 aliphatic rings. The Labute approximate surface area is 142 Å². The molecular formula is C18H24N4O2. The summed E-state index contributed by atoms with van der Waals surface area (Å²) in [5, 5.41) is 0. The maximum Gasteiger partial charge on any atom is 0.320 e. The average Bonchev–Trinajstić information content (AvgIpc) is 3.01. The van der Waals surface area contributed by atoms with E-state index >= 15 is 0 Å². The van der Waals surface area contributed by atoms with E-state index in [1.54, 1.807) is 18.5 Å². The van der Waals surface area contributed by atoms with Crippen LogP contribution >= 0.6 is 0 Å². The maximum absolute atomic E-state index is 12.8. The van der Waals surface area contributed by atoms with Gasteiger partial charge in [0.15, 0.2) is 0 Å². The number of hydrogen-bond acceptors (Lipinski definition) is 3. The number of piperidine rings is 1. The van der Waals surface area contributed by atoms with Gasteiger partial charge in [-0.1, -0.05) is 0 Å². The molecule has 5 rings (SSSR count). The first-order valence-corrected chi connectivity index (χ1v) is 8.97. The van der Waals surface area contributed by atoms with Gasteiger partial charge in [0.2, 0.25) is 0 Å². The molecular weight excluding hydrogens is 304 g/mol. The Morgan fingerprint density at radius 2 is 1.88 bits per heavy atom. The molecule has 0 aliphatic carbocycles. The Balaban J connectivity index is 1.50. The summed E-state index contributed by atoms with van der Waals surface area (Å²) in [5.74, 6) is 0.423. The normalized spacial score (nSPS) is 26.6. The SMILES string of the molecule is O=C(c1cccnc1)N1C[C@H]2CC[C@@H](C1)N(C(=O)N1CCCC1)C2. The van der Waals surface area contributed by atoms with Gasteiger partial charge in [-0.05, 0) is 43.7 Å². The van der Waals surface area contributed by atoms with Crippen molar-refractivity contribution in [2.24, 2.45) is 5.92 Å². The van der Waals surface area contributed by atoms with Gasteiger partial charge in [0, 0.05) is 45.1 Å². The molecule has 3 amide bonds. The van der Waals surface area contributed by atoms with E-state index in [2.05, 4.69) is 4.98 Å². The van der Waals surface area contributed by atoms with Gasteiger partial charge < -0.3 is 14.7 Å². The molecule has 4 fully saturated rings. The molecule has 6 nitrogen and oxygen atoms in total. The van der Waals surface area contributed by atoms with Gasteiger partial charge in [0.25, 0.3) is 5.91 Å². The van der Waals surface area contributed by atoms with Crippen LogP contribution < -0.4 is 0 Å². The molecule has 5 heterocycles. The fraction of sp³-hybridized carbons (Fsp3) is 0.611. The lowest BCUT2D eigenvalue weighted by molar-refractivity contribution is 0.0737. The number of amides is 3. The fourth-order valence-electron chi connectivity index (χ4n) is 4.24. The highest BCUT2D eigenvalue weighted by Gasteiger charge is 2.40. The second-order valence-electron chi connectivity index (χ2n) is 7.18. The van der Waals surface area contributed by atoms with E-state index in [4.69, 9.17) is 0 Å². The Bertz CT molecular complexity index is 615. The van der Waals surface area contributed by atoms with Crippen molar-refractivity contribution in [3.63, 3.8) is 0 Å². The van der Waals surface area contributed by atoms with Crippen LogP contribution in [0.1, 0.15) is 36.0 Å². The predicted octanol–water partition coefficient (Wildman–Crippen LogP) is 1.83. The van der Waals surface area contributed by atoms with Crippen LogP contribution in [0.3, 0.4) is 0 Å². The average molecular weight is 328 g/mol. The first-order valence-electron chi connectivity index (χ1n) is 8.97. The van der Waals surface area contributed by atoms with Crippen LogP contribution in [0.2, 0.25) is 0 Å². The molecule has 128 valence electrons. The highest BCUT2D eigenvalue weighted by atomic mass is 16.2. The van der Waals surface area contributed by atoms with E-state index in [1.165, 1.54) is 0 Å². The van der Waals surface area contributed by atoms with E-state index in [9.17, 15) is 9.59 Å². The van der Waals surface area contributed by atoms with E-state index in [0.717, 1.165) is 51.9 Å². The molecule has 2 atom stereocenters. The third kappa shape index (κ3) is 2.85. The Morgan fingerprint density at radius 3 is 2.62 bits per heavy atom. The second kappa shape index (κ2) is 6.42. The van der Waals surface area contributed by atoms with Crippen molar-refractivity contribution in [3.05, 3.63) is 30.1 Å². The Kier molecular flexibility index (Phi) is 4.12. The number of carbonyl (C=O) groups is 2. The minimum absolute atomic E-state index is 0.0375. The molecule has 0 aromatic carbocycles. The zero-order valence-corrected chi connectivity index (χ0v) is 13.9. The molecule has 4 aliphatic heterocycles. The third-order valence-corrected chi connectivity index (χ3v) is 5.53. The van der Waals surface area contributed by atoms with Crippen LogP contribution in [-0.4, -0.2) is 70.4 Å². The zero-order chi connectivity index (χ0) is 16.5. The van der Waals surface area contributed by atoms with Crippen LogP contribution in [0.25, 0.3) is 0 Å². The number of nitrogens with zero attached hydrogens (tertiary/aromatic N) is 4. The number of pyridine rings is 1. The van der Waals surface area contributed by atoms with Gasteiger partial charge in [-0.3, -0.25) is 9.78 Å². The maximum atomic E-state index is 12.8. The highest BCUT2D eigenvalue weighted by molar-refractivity contribution is 5.94. The van der Waals surface area contributed by atoms with Gasteiger partial charge in [0.1, 0.15) is 0 Å². The predicted molar refractivity (Wildman–Crippen MR) is 89.6 cm³/mol. The van der Waals surface area contributed by atoms with Crippen LogP contribution in [0.4, 0.5) is 4.79 Å². The number of likely N-dealkylation sites (tertiary alicyclic amines) is 1. The number of hydrogen-bond donors (Lipinski definition) is 0. The lowest BCUT2D eigenvalue weighted by Crippen LogP contribution is -2.52. The van der Waals surface area contributed by atoms with E-state index in [-0.39, 0.29) is 18.0 Å². The number of urea groups is 1. The first kappa shape index (κ1) is 15.4. The Hall–Kier alpha value is -2.11. The van der Waals surface area contributed by atoms with Crippen molar-refractivity contribution in [1.29, 1.82) is 0 Å². The molecule has 0 N–H and O–H groups in total. The Morgan fingerprint density at radius 1 is 1.04 bits per heavy atom. The number of rotatable bonds is 1. The van der Waals surface area contributed by atoms with Crippen molar-refractivity contribution < 1.29 is 9.59 Å². The third-order valence-electron chi connectivity index (χ3n) is 5.53. The van der Waals surface area contributed by atoms with Crippen molar-refractivity contribution in [2.75, 3.05) is 32.7 Å². The number of fused-ring (bicyclic) bond motifs is 4. The minimum atomic E-state index is 0.0375. The summed E-state index contributed by atoms with van der Waals surface area (Å²) in [6.07, 6.45) is 7.63. The summed E-state index contributed by atoms with van der Waals surface area (Å²) in [6, 6.07) is 3.94. The van der Waals surface area contributed by atoms with E-state index < -0.39 is 0 Å². The molecule has 24 heavy (non-hydrogen) atoms. The van der Waals surface area contributed by atoms with Gasteiger partial charge in [-0.2, -0.15) is 0 Å². The molecule has 0 radical (unpaired) electrons. The molecule has 2 bridgehead atoms. The molecule has 0 saturated carbocycles. The largest absolute Gasteiger partial charge is 0.336 e. The highest BCUT2D eigenvalue weighted by Crippen LogP contribution is 2.30.